The van der Waals surface area contributed by atoms with Crippen LogP contribution in [0.1, 0.15) is 56.3 Å². The lowest BCUT2D eigenvalue weighted by atomic mass is 10.2. The zero-order valence-corrected chi connectivity index (χ0v) is 26.7. The second kappa shape index (κ2) is 31.6. The Kier molecular flexibility index (Phi) is 28.8. The number of nitrogens with one attached hydrogen (secondary N) is 1. The van der Waals surface area contributed by atoms with Crippen molar-refractivity contribution in [3.63, 3.8) is 0 Å². The third-order valence-corrected chi connectivity index (χ3v) is 5.94. The van der Waals surface area contributed by atoms with Gasteiger partial charge in [0.05, 0.1) is 105 Å². The Bertz CT molecular complexity index is 723. The Morgan fingerprint density at radius 1 is 0.488 bits per heavy atom. The molecule has 0 aliphatic heterocycles. The molecule has 0 spiro atoms. The van der Waals surface area contributed by atoms with Crippen molar-refractivity contribution in [3.8, 4) is 0 Å². The highest BCUT2D eigenvalue weighted by atomic mass is 16.6. The van der Waals surface area contributed by atoms with Crippen LogP contribution in [-0.2, 0) is 42.6 Å². The van der Waals surface area contributed by atoms with Crippen molar-refractivity contribution in [1.82, 2.24) is 0 Å². The predicted molar refractivity (Wildman–Crippen MR) is 166 cm³/mol. The maximum absolute atomic E-state index is 12.1. The van der Waals surface area contributed by atoms with Crippen molar-refractivity contribution in [3.05, 3.63) is 29.8 Å². The van der Waals surface area contributed by atoms with E-state index < -0.39 is 0 Å². The third-order valence-electron chi connectivity index (χ3n) is 5.94. The first-order valence-corrected chi connectivity index (χ1v) is 15.9. The first kappa shape index (κ1) is 39.2. The summed E-state index contributed by atoms with van der Waals surface area (Å²) in [7, 11) is 0. The summed E-state index contributed by atoms with van der Waals surface area (Å²) in [6.07, 6.45) is 5.79. The second-order valence-electron chi connectivity index (χ2n) is 9.60. The highest BCUT2D eigenvalue weighted by molar-refractivity contribution is 5.89. The van der Waals surface area contributed by atoms with E-state index in [1.165, 1.54) is 12.8 Å². The molecule has 0 amide bonds. The molecule has 0 radical (unpaired) electrons. The molecule has 0 unspecified atom stereocenters. The second-order valence-corrected chi connectivity index (χ2v) is 9.60. The quantitative estimate of drug-likeness (QED) is 0.0898. The monoisotopic (exact) mass is 615 g/mol. The van der Waals surface area contributed by atoms with Crippen LogP contribution in [-0.4, -0.2) is 125 Å². The van der Waals surface area contributed by atoms with Crippen LogP contribution in [0.4, 0.5) is 5.69 Å². The number of hydrogen-bond acceptors (Lipinski definition) is 11. The van der Waals surface area contributed by atoms with Gasteiger partial charge >= 0.3 is 5.97 Å². The predicted octanol–water partition coefficient (Wildman–Crippen LogP) is 4.38. The Morgan fingerprint density at radius 3 is 1.26 bits per heavy atom. The van der Waals surface area contributed by atoms with Crippen molar-refractivity contribution in [2.75, 3.05) is 124 Å². The Morgan fingerprint density at radius 2 is 0.860 bits per heavy atom. The summed E-state index contributed by atoms with van der Waals surface area (Å²) in [5, 5.41) is 3.32. The summed E-state index contributed by atoms with van der Waals surface area (Å²) < 4.78 is 49.0. The number of benzene rings is 1. The summed E-state index contributed by atoms with van der Waals surface area (Å²) in [6.45, 7) is 13.8. The van der Waals surface area contributed by atoms with E-state index in [2.05, 4.69) is 19.2 Å². The fraction of sp³-hybridized carbons (Fsp3) is 0.781. The number of anilines is 1. The van der Waals surface area contributed by atoms with Crippen LogP contribution >= 0.6 is 0 Å². The number of carbonyl (C=O) groups excluding carboxylic acids is 1. The summed E-state index contributed by atoms with van der Waals surface area (Å²) in [5.74, 6) is -0.356. The van der Waals surface area contributed by atoms with Crippen LogP contribution in [0.15, 0.2) is 24.3 Å². The number of hydrogen-bond donors (Lipinski definition) is 1. The van der Waals surface area contributed by atoms with Gasteiger partial charge in [-0.2, -0.15) is 0 Å². The molecule has 1 aromatic carbocycles. The third kappa shape index (κ3) is 26.3. The SMILES string of the molecule is CCCCCOCCOCCOCCOCCOCCOCCOCCOCCOC(=O)c1ccc(NCCCC)cc1. The van der Waals surface area contributed by atoms with E-state index in [1.54, 1.807) is 12.1 Å². The molecule has 11 heteroatoms. The molecule has 11 nitrogen and oxygen atoms in total. The van der Waals surface area contributed by atoms with Gasteiger partial charge in [0.1, 0.15) is 6.61 Å². The molecule has 0 fully saturated rings. The van der Waals surface area contributed by atoms with Crippen LogP contribution in [0, 0.1) is 0 Å². The zero-order valence-electron chi connectivity index (χ0n) is 26.7. The average Bonchev–Trinajstić information content (AvgIpc) is 3.02. The van der Waals surface area contributed by atoms with Crippen LogP contribution < -0.4 is 5.32 Å². The first-order valence-electron chi connectivity index (χ1n) is 15.9. The highest BCUT2D eigenvalue weighted by Gasteiger charge is 2.06. The fourth-order valence-electron chi connectivity index (χ4n) is 3.51. The lowest BCUT2D eigenvalue weighted by Crippen LogP contribution is -2.15. The van der Waals surface area contributed by atoms with Gasteiger partial charge in [0, 0.05) is 18.8 Å². The van der Waals surface area contributed by atoms with Crippen molar-refractivity contribution >= 4 is 11.7 Å². The van der Waals surface area contributed by atoms with Gasteiger partial charge in [-0.15, -0.1) is 0 Å². The van der Waals surface area contributed by atoms with Gasteiger partial charge in [0.25, 0.3) is 0 Å². The Labute approximate surface area is 259 Å². The maximum atomic E-state index is 12.1. The summed E-state index contributed by atoms with van der Waals surface area (Å²) >= 11 is 0. The Balaban J connectivity index is 1.73. The maximum Gasteiger partial charge on any atom is 0.338 e. The molecule has 0 aliphatic rings. The van der Waals surface area contributed by atoms with E-state index in [0.717, 1.165) is 38.1 Å². The molecular weight excluding hydrogens is 558 g/mol. The molecule has 0 heterocycles. The van der Waals surface area contributed by atoms with Crippen LogP contribution in [0.25, 0.3) is 0 Å². The molecule has 0 aromatic heterocycles. The largest absolute Gasteiger partial charge is 0.460 e. The molecule has 1 N–H and O–H groups in total. The van der Waals surface area contributed by atoms with Gasteiger partial charge < -0.3 is 47.9 Å². The number of ether oxygens (including phenoxy) is 9. The highest BCUT2D eigenvalue weighted by Crippen LogP contribution is 2.10. The van der Waals surface area contributed by atoms with Crippen LogP contribution in [0.5, 0.6) is 0 Å². The summed E-state index contributed by atoms with van der Waals surface area (Å²) in [6, 6.07) is 7.30. The minimum atomic E-state index is -0.356. The minimum absolute atomic E-state index is 0.197. The van der Waals surface area contributed by atoms with Crippen LogP contribution in [0.2, 0.25) is 0 Å². The Hall–Kier alpha value is -1.83. The van der Waals surface area contributed by atoms with E-state index >= 15 is 0 Å². The van der Waals surface area contributed by atoms with Gasteiger partial charge in [0.2, 0.25) is 0 Å². The standard InChI is InChI=1S/C32H57NO10/c1-3-5-7-13-35-14-15-36-16-17-37-18-19-38-20-21-39-22-23-40-24-25-41-26-27-42-28-29-43-32(34)30-8-10-31(11-9-30)33-12-6-4-2/h8-11,33H,3-7,12-29H2,1-2H3. The van der Waals surface area contributed by atoms with Crippen LogP contribution in [0.3, 0.4) is 0 Å². The van der Waals surface area contributed by atoms with Crippen molar-refractivity contribution in [2.45, 2.75) is 46.0 Å². The van der Waals surface area contributed by atoms with Crippen molar-refractivity contribution < 1.29 is 47.4 Å². The van der Waals surface area contributed by atoms with Gasteiger partial charge in [0.15, 0.2) is 0 Å². The summed E-state index contributed by atoms with van der Waals surface area (Å²) in [4.78, 5) is 12.1. The zero-order chi connectivity index (χ0) is 30.9. The van der Waals surface area contributed by atoms with Gasteiger partial charge in [-0.05, 0) is 37.1 Å². The van der Waals surface area contributed by atoms with Gasteiger partial charge in [-0.25, -0.2) is 4.79 Å². The van der Waals surface area contributed by atoms with Gasteiger partial charge in [-0.3, -0.25) is 0 Å². The molecule has 1 rings (SSSR count). The summed E-state index contributed by atoms with van der Waals surface area (Å²) in [5.41, 5.74) is 1.52. The van der Waals surface area contributed by atoms with Crippen molar-refractivity contribution in [2.24, 2.45) is 0 Å². The molecule has 0 atom stereocenters. The number of carbonyl (C=O) groups is 1. The van der Waals surface area contributed by atoms with E-state index in [0.29, 0.717) is 105 Å². The number of esters is 1. The van der Waals surface area contributed by atoms with E-state index in [4.69, 9.17) is 42.6 Å². The fourth-order valence-corrected chi connectivity index (χ4v) is 3.51. The topological polar surface area (TPSA) is 112 Å². The number of rotatable bonds is 33. The molecule has 1 aromatic rings. The smallest absolute Gasteiger partial charge is 0.338 e. The van der Waals surface area contributed by atoms with Gasteiger partial charge in [-0.1, -0.05) is 33.1 Å². The molecule has 250 valence electrons. The minimum Gasteiger partial charge on any atom is -0.460 e. The van der Waals surface area contributed by atoms with Crippen molar-refractivity contribution in [1.29, 1.82) is 0 Å². The molecule has 43 heavy (non-hydrogen) atoms. The lowest BCUT2D eigenvalue weighted by Gasteiger charge is -2.09. The molecule has 0 saturated heterocycles. The normalized spacial score (nSPS) is 11.2. The first-order chi connectivity index (χ1) is 21.3. The van der Waals surface area contributed by atoms with E-state index in [1.807, 2.05) is 12.1 Å². The molecule has 0 saturated carbocycles. The van der Waals surface area contributed by atoms with E-state index in [9.17, 15) is 4.79 Å². The average molecular weight is 616 g/mol. The van der Waals surface area contributed by atoms with E-state index in [-0.39, 0.29) is 12.6 Å². The molecule has 0 bridgehead atoms. The molecule has 0 aliphatic carbocycles. The lowest BCUT2D eigenvalue weighted by molar-refractivity contribution is -0.0244. The molecular formula is C32H57NO10. The number of unbranched alkanes of at least 4 members (excludes halogenated alkanes) is 3.